The van der Waals surface area contributed by atoms with Crippen molar-refractivity contribution in [2.45, 2.75) is 5.16 Å². The van der Waals surface area contributed by atoms with E-state index >= 15 is 0 Å². The van der Waals surface area contributed by atoms with E-state index in [0.717, 1.165) is 22.2 Å². The lowest BCUT2D eigenvalue weighted by Crippen LogP contribution is -1.89. The van der Waals surface area contributed by atoms with Gasteiger partial charge in [-0.25, -0.2) is 9.97 Å². The lowest BCUT2D eigenvalue weighted by molar-refractivity contribution is 0.415. The second-order valence-electron chi connectivity index (χ2n) is 3.16. The van der Waals surface area contributed by atoms with E-state index in [1.54, 1.807) is 13.3 Å². The van der Waals surface area contributed by atoms with Crippen molar-refractivity contribution in [2.75, 3.05) is 13.4 Å². The van der Waals surface area contributed by atoms with Gasteiger partial charge in [0.25, 0.3) is 0 Å². The summed E-state index contributed by atoms with van der Waals surface area (Å²) in [5.41, 5.74) is 1.95. The van der Waals surface area contributed by atoms with Crippen LogP contribution in [0, 0.1) is 0 Å². The van der Waals surface area contributed by atoms with Crippen molar-refractivity contribution in [1.29, 1.82) is 0 Å². The molecular weight excluding hydrogens is 220 g/mol. The monoisotopic (exact) mass is 232 g/mol. The molecule has 1 aromatic heterocycles. The number of rotatable bonds is 3. The summed E-state index contributed by atoms with van der Waals surface area (Å²) < 4.78 is 5.18. The molecule has 0 spiro atoms. The lowest BCUT2D eigenvalue weighted by atomic mass is 10.1. The predicted molar refractivity (Wildman–Crippen MR) is 65.8 cm³/mol. The highest BCUT2D eigenvalue weighted by Crippen LogP contribution is 2.22. The van der Waals surface area contributed by atoms with E-state index in [1.165, 1.54) is 11.8 Å². The van der Waals surface area contributed by atoms with Crippen molar-refractivity contribution in [1.82, 2.24) is 9.97 Å². The summed E-state index contributed by atoms with van der Waals surface area (Å²) in [6, 6.07) is 9.74. The van der Waals surface area contributed by atoms with Gasteiger partial charge in [-0.3, -0.25) is 0 Å². The van der Waals surface area contributed by atoms with Crippen LogP contribution in [0.5, 0.6) is 5.75 Å². The number of methoxy groups -OCH3 is 1. The van der Waals surface area contributed by atoms with Crippen LogP contribution in [0.25, 0.3) is 11.3 Å². The van der Waals surface area contributed by atoms with Crippen molar-refractivity contribution in [3.63, 3.8) is 0 Å². The molecule has 82 valence electrons. The Kier molecular flexibility index (Phi) is 3.41. The Labute approximate surface area is 98.9 Å². The molecule has 0 saturated carbocycles. The van der Waals surface area contributed by atoms with Gasteiger partial charge in [-0.15, -0.1) is 0 Å². The molecule has 0 aliphatic rings. The molecule has 3 nitrogen and oxygen atoms in total. The van der Waals surface area contributed by atoms with Crippen molar-refractivity contribution in [2.24, 2.45) is 0 Å². The molecule has 4 heteroatoms. The Bertz CT molecular complexity index is 442. The van der Waals surface area contributed by atoms with Gasteiger partial charge in [0, 0.05) is 11.8 Å². The van der Waals surface area contributed by atoms with Crippen LogP contribution < -0.4 is 4.74 Å². The van der Waals surface area contributed by atoms with Crippen LogP contribution in [-0.4, -0.2) is 23.3 Å². The maximum atomic E-state index is 5.18. The van der Waals surface area contributed by atoms with Crippen LogP contribution in [-0.2, 0) is 0 Å². The number of hydrogen-bond acceptors (Lipinski definition) is 4. The minimum Gasteiger partial charge on any atom is -0.497 e. The van der Waals surface area contributed by atoms with Gasteiger partial charge in [0.05, 0.1) is 12.8 Å². The molecule has 0 radical (unpaired) electrons. The highest BCUT2D eigenvalue weighted by Gasteiger charge is 2.02. The molecule has 2 rings (SSSR count). The molecule has 0 saturated heterocycles. The molecule has 0 aliphatic carbocycles. The van der Waals surface area contributed by atoms with E-state index in [2.05, 4.69) is 9.97 Å². The number of hydrogen-bond donors (Lipinski definition) is 0. The number of nitrogens with zero attached hydrogens (tertiary/aromatic N) is 2. The smallest absolute Gasteiger partial charge is 0.187 e. The Balaban J connectivity index is 2.41. The fourth-order valence-electron chi connectivity index (χ4n) is 1.38. The van der Waals surface area contributed by atoms with Crippen LogP contribution in [0.4, 0.5) is 0 Å². The molecule has 0 fully saturated rings. The maximum absolute atomic E-state index is 5.18. The lowest BCUT2D eigenvalue weighted by Gasteiger charge is -2.04. The number of ether oxygens (including phenoxy) is 1. The summed E-state index contributed by atoms with van der Waals surface area (Å²) in [6.45, 7) is 0. The molecule has 16 heavy (non-hydrogen) atoms. The van der Waals surface area contributed by atoms with Crippen molar-refractivity contribution < 1.29 is 4.74 Å². The van der Waals surface area contributed by atoms with Crippen LogP contribution in [0.1, 0.15) is 0 Å². The zero-order chi connectivity index (χ0) is 11.4. The second kappa shape index (κ2) is 4.99. The van der Waals surface area contributed by atoms with E-state index in [1.807, 2.05) is 36.6 Å². The minimum atomic E-state index is 0.778. The highest BCUT2D eigenvalue weighted by atomic mass is 32.2. The predicted octanol–water partition coefficient (Wildman–Crippen LogP) is 2.87. The van der Waals surface area contributed by atoms with E-state index < -0.39 is 0 Å². The normalized spacial score (nSPS) is 10.1. The average molecular weight is 232 g/mol. The molecule has 1 aromatic carbocycles. The molecule has 0 bridgehead atoms. The van der Waals surface area contributed by atoms with Gasteiger partial charge < -0.3 is 4.74 Å². The summed E-state index contributed by atoms with van der Waals surface area (Å²) in [5.74, 6) is 0.835. The van der Waals surface area contributed by atoms with E-state index in [9.17, 15) is 0 Å². The molecule has 0 unspecified atom stereocenters. The second-order valence-corrected chi connectivity index (χ2v) is 3.93. The average Bonchev–Trinajstić information content (AvgIpc) is 2.39. The first-order valence-electron chi connectivity index (χ1n) is 4.85. The molecular formula is C12H12N2OS. The first-order chi connectivity index (χ1) is 7.83. The van der Waals surface area contributed by atoms with Gasteiger partial charge in [-0.05, 0) is 24.5 Å². The zero-order valence-electron chi connectivity index (χ0n) is 9.18. The topological polar surface area (TPSA) is 35.0 Å². The summed E-state index contributed by atoms with van der Waals surface area (Å²) >= 11 is 1.53. The number of aromatic nitrogens is 2. The van der Waals surface area contributed by atoms with Gasteiger partial charge >= 0.3 is 0 Å². The standard InChI is InChI=1S/C12H12N2OS/c1-15-10-5-3-4-9(8-10)11-6-7-13-12(14-11)16-2/h3-8H,1-2H3. The van der Waals surface area contributed by atoms with Gasteiger partial charge in [0.2, 0.25) is 0 Å². The molecule has 0 aliphatic heterocycles. The molecule has 0 atom stereocenters. The SMILES string of the molecule is COc1cccc(-c2ccnc(SC)n2)c1. The van der Waals surface area contributed by atoms with Crippen LogP contribution in [0.2, 0.25) is 0 Å². The zero-order valence-corrected chi connectivity index (χ0v) is 9.99. The minimum absolute atomic E-state index is 0.778. The Morgan fingerprint density at radius 1 is 1.25 bits per heavy atom. The van der Waals surface area contributed by atoms with Gasteiger partial charge in [0.1, 0.15) is 5.75 Å². The number of benzene rings is 1. The van der Waals surface area contributed by atoms with Crippen molar-refractivity contribution in [3.05, 3.63) is 36.5 Å². The van der Waals surface area contributed by atoms with Gasteiger partial charge in [-0.2, -0.15) is 0 Å². The maximum Gasteiger partial charge on any atom is 0.187 e. The van der Waals surface area contributed by atoms with Crippen LogP contribution in [0.3, 0.4) is 0 Å². The summed E-state index contributed by atoms with van der Waals surface area (Å²) in [7, 11) is 1.66. The third-order valence-corrected chi connectivity index (χ3v) is 2.74. The van der Waals surface area contributed by atoms with Crippen molar-refractivity contribution >= 4 is 11.8 Å². The fraction of sp³-hybridized carbons (Fsp3) is 0.167. The van der Waals surface area contributed by atoms with Crippen LogP contribution >= 0.6 is 11.8 Å². The third kappa shape index (κ3) is 2.33. The molecule has 2 aromatic rings. The van der Waals surface area contributed by atoms with E-state index in [-0.39, 0.29) is 0 Å². The third-order valence-electron chi connectivity index (χ3n) is 2.18. The first-order valence-corrected chi connectivity index (χ1v) is 6.07. The molecule has 1 heterocycles. The molecule has 0 amide bonds. The Morgan fingerprint density at radius 3 is 2.88 bits per heavy atom. The summed E-state index contributed by atoms with van der Waals surface area (Å²) in [5, 5.41) is 0.778. The van der Waals surface area contributed by atoms with Gasteiger partial charge in [-0.1, -0.05) is 23.9 Å². The fourth-order valence-corrected chi connectivity index (χ4v) is 1.74. The van der Waals surface area contributed by atoms with E-state index in [0.29, 0.717) is 0 Å². The van der Waals surface area contributed by atoms with Crippen LogP contribution in [0.15, 0.2) is 41.7 Å². The van der Waals surface area contributed by atoms with E-state index in [4.69, 9.17) is 4.74 Å². The number of thioether (sulfide) groups is 1. The van der Waals surface area contributed by atoms with Crippen molar-refractivity contribution in [3.8, 4) is 17.0 Å². The first kappa shape index (κ1) is 11.0. The summed E-state index contributed by atoms with van der Waals surface area (Å²) in [4.78, 5) is 8.58. The largest absolute Gasteiger partial charge is 0.497 e. The highest BCUT2D eigenvalue weighted by molar-refractivity contribution is 7.98. The quantitative estimate of drug-likeness (QED) is 0.602. The Morgan fingerprint density at radius 2 is 2.12 bits per heavy atom. The summed E-state index contributed by atoms with van der Waals surface area (Å²) in [6.07, 6.45) is 3.73. The van der Waals surface area contributed by atoms with Gasteiger partial charge in [0.15, 0.2) is 5.16 Å². The molecule has 0 N–H and O–H groups in total. The Hall–Kier alpha value is -1.55.